The number of Topliss-reactive ketones (excluding diaryl/α,β-unsaturated/α-hetero) is 1. The fraction of sp³-hybridized carbons (Fsp3) is 0.889. The van der Waals surface area contributed by atoms with Crippen LogP contribution in [-0.2, 0) is 4.79 Å². The standard InChI is InChI=1S/C9H17NO2/c1-7-5-9(12)6-10(7)4-3-8(2)11/h7,9,12H,3-6H2,1-2H3. The van der Waals surface area contributed by atoms with Crippen molar-refractivity contribution >= 4 is 5.78 Å². The predicted octanol–water partition coefficient (Wildman–Crippen LogP) is 0.421. The van der Waals surface area contributed by atoms with Crippen LogP contribution in [0.2, 0.25) is 0 Å². The number of carbonyl (C=O) groups excluding carboxylic acids is 1. The molecule has 3 nitrogen and oxygen atoms in total. The number of hydrogen-bond donors (Lipinski definition) is 1. The Balaban J connectivity index is 2.28. The molecule has 2 unspecified atom stereocenters. The summed E-state index contributed by atoms with van der Waals surface area (Å²) < 4.78 is 0. The minimum Gasteiger partial charge on any atom is -0.392 e. The van der Waals surface area contributed by atoms with Crippen LogP contribution in [0.15, 0.2) is 0 Å². The third-order valence-corrected chi connectivity index (χ3v) is 2.43. The quantitative estimate of drug-likeness (QED) is 0.669. The predicted molar refractivity (Wildman–Crippen MR) is 47.0 cm³/mol. The van der Waals surface area contributed by atoms with Crippen molar-refractivity contribution in [2.24, 2.45) is 0 Å². The molecule has 12 heavy (non-hydrogen) atoms. The monoisotopic (exact) mass is 171 g/mol. The van der Waals surface area contributed by atoms with Crippen LogP contribution in [0.5, 0.6) is 0 Å². The lowest BCUT2D eigenvalue weighted by atomic mass is 10.2. The van der Waals surface area contributed by atoms with E-state index in [4.69, 9.17) is 0 Å². The highest BCUT2D eigenvalue weighted by atomic mass is 16.3. The first-order chi connectivity index (χ1) is 5.59. The zero-order valence-electron chi connectivity index (χ0n) is 7.79. The molecular weight excluding hydrogens is 154 g/mol. The molecule has 1 aliphatic rings. The SMILES string of the molecule is CC(=O)CCN1CC(O)CC1C. The Morgan fingerprint density at radius 1 is 1.67 bits per heavy atom. The maximum Gasteiger partial charge on any atom is 0.131 e. The van der Waals surface area contributed by atoms with E-state index in [0.717, 1.165) is 19.5 Å². The van der Waals surface area contributed by atoms with Crippen molar-refractivity contribution in [3.63, 3.8) is 0 Å². The molecule has 2 atom stereocenters. The molecule has 0 aromatic rings. The average Bonchev–Trinajstić information content (AvgIpc) is 2.26. The van der Waals surface area contributed by atoms with Crippen LogP contribution in [0.1, 0.15) is 26.7 Å². The highest BCUT2D eigenvalue weighted by Gasteiger charge is 2.26. The van der Waals surface area contributed by atoms with Gasteiger partial charge in [-0.3, -0.25) is 9.69 Å². The zero-order chi connectivity index (χ0) is 9.14. The Morgan fingerprint density at radius 3 is 2.75 bits per heavy atom. The van der Waals surface area contributed by atoms with Gasteiger partial charge in [0.25, 0.3) is 0 Å². The number of aliphatic hydroxyl groups excluding tert-OH is 1. The van der Waals surface area contributed by atoms with Crippen molar-refractivity contribution in [3.8, 4) is 0 Å². The van der Waals surface area contributed by atoms with Gasteiger partial charge in [-0.2, -0.15) is 0 Å². The van der Waals surface area contributed by atoms with E-state index in [1.165, 1.54) is 0 Å². The fourth-order valence-corrected chi connectivity index (χ4v) is 1.68. The van der Waals surface area contributed by atoms with Crippen LogP contribution in [0.25, 0.3) is 0 Å². The van der Waals surface area contributed by atoms with Crippen LogP contribution >= 0.6 is 0 Å². The fourth-order valence-electron chi connectivity index (χ4n) is 1.68. The molecule has 1 heterocycles. The lowest BCUT2D eigenvalue weighted by Crippen LogP contribution is -2.29. The van der Waals surface area contributed by atoms with E-state index in [-0.39, 0.29) is 11.9 Å². The molecule has 1 N–H and O–H groups in total. The number of likely N-dealkylation sites (tertiary alicyclic amines) is 1. The lowest BCUT2D eigenvalue weighted by molar-refractivity contribution is -0.117. The van der Waals surface area contributed by atoms with E-state index in [2.05, 4.69) is 11.8 Å². The molecule has 0 spiro atoms. The summed E-state index contributed by atoms with van der Waals surface area (Å²) in [6.07, 6.45) is 1.27. The van der Waals surface area contributed by atoms with Crippen LogP contribution in [-0.4, -0.2) is 41.0 Å². The summed E-state index contributed by atoms with van der Waals surface area (Å²) in [5.74, 6) is 0.226. The topological polar surface area (TPSA) is 40.5 Å². The zero-order valence-corrected chi connectivity index (χ0v) is 7.79. The maximum atomic E-state index is 10.7. The molecule has 0 bridgehead atoms. The highest BCUT2D eigenvalue weighted by molar-refractivity contribution is 5.75. The number of ketones is 1. The Bertz CT molecular complexity index is 170. The number of aliphatic hydroxyl groups is 1. The first kappa shape index (κ1) is 9.68. The van der Waals surface area contributed by atoms with Gasteiger partial charge in [-0.05, 0) is 20.3 Å². The van der Waals surface area contributed by atoms with E-state index in [1.807, 2.05) is 0 Å². The second kappa shape index (κ2) is 4.01. The van der Waals surface area contributed by atoms with E-state index in [0.29, 0.717) is 12.5 Å². The van der Waals surface area contributed by atoms with Gasteiger partial charge < -0.3 is 5.11 Å². The third-order valence-electron chi connectivity index (χ3n) is 2.43. The van der Waals surface area contributed by atoms with Gasteiger partial charge >= 0.3 is 0 Å². The Hall–Kier alpha value is -0.410. The number of carbonyl (C=O) groups is 1. The molecule has 0 radical (unpaired) electrons. The number of nitrogens with zero attached hydrogens (tertiary/aromatic N) is 1. The smallest absolute Gasteiger partial charge is 0.131 e. The largest absolute Gasteiger partial charge is 0.392 e. The summed E-state index contributed by atoms with van der Waals surface area (Å²) in [7, 11) is 0. The molecule has 0 aromatic carbocycles. The number of rotatable bonds is 3. The van der Waals surface area contributed by atoms with E-state index >= 15 is 0 Å². The van der Waals surface area contributed by atoms with Gasteiger partial charge in [0.05, 0.1) is 6.10 Å². The van der Waals surface area contributed by atoms with Crippen molar-refractivity contribution in [2.75, 3.05) is 13.1 Å². The lowest BCUT2D eigenvalue weighted by Gasteiger charge is -2.19. The van der Waals surface area contributed by atoms with Crippen molar-refractivity contribution in [1.29, 1.82) is 0 Å². The second-order valence-electron chi connectivity index (χ2n) is 3.69. The van der Waals surface area contributed by atoms with Crippen molar-refractivity contribution < 1.29 is 9.90 Å². The third kappa shape index (κ3) is 2.57. The summed E-state index contributed by atoms with van der Waals surface area (Å²) >= 11 is 0. The Labute approximate surface area is 73.4 Å². The molecule has 0 saturated carbocycles. The van der Waals surface area contributed by atoms with Crippen LogP contribution in [0.3, 0.4) is 0 Å². The Morgan fingerprint density at radius 2 is 2.33 bits per heavy atom. The molecular formula is C9H17NO2. The van der Waals surface area contributed by atoms with Gasteiger partial charge in [0.2, 0.25) is 0 Å². The highest BCUT2D eigenvalue weighted by Crippen LogP contribution is 2.16. The van der Waals surface area contributed by atoms with Gasteiger partial charge in [0, 0.05) is 25.6 Å². The summed E-state index contributed by atoms with van der Waals surface area (Å²) in [5.41, 5.74) is 0. The normalized spacial score (nSPS) is 30.9. The van der Waals surface area contributed by atoms with Crippen LogP contribution in [0, 0.1) is 0 Å². The van der Waals surface area contributed by atoms with Gasteiger partial charge in [-0.25, -0.2) is 0 Å². The summed E-state index contributed by atoms with van der Waals surface area (Å²) in [6.45, 7) is 5.23. The molecule has 70 valence electrons. The van der Waals surface area contributed by atoms with Crippen LogP contribution < -0.4 is 0 Å². The molecule has 1 saturated heterocycles. The van der Waals surface area contributed by atoms with Crippen molar-refractivity contribution in [3.05, 3.63) is 0 Å². The molecule has 3 heteroatoms. The second-order valence-corrected chi connectivity index (χ2v) is 3.69. The average molecular weight is 171 g/mol. The first-order valence-electron chi connectivity index (χ1n) is 4.51. The Kier molecular flexibility index (Phi) is 3.23. The molecule has 0 amide bonds. The molecule has 1 rings (SSSR count). The molecule has 0 aliphatic carbocycles. The van der Waals surface area contributed by atoms with Gasteiger partial charge in [-0.15, -0.1) is 0 Å². The number of β-amino-alcohol motifs (C(OH)–C–C–N with tert-alkyl or cyclic N) is 1. The van der Waals surface area contributed by atoms with E-state index in [9.17, 15) is 9.90 Å². The minimum atomic E-state index is -0.188. The van der Waals surface area contributed by atoms with Crippen LogP contribution in [0.4, 0.5) is 0 Å². The molecule has 1 fully saturated rings. The first-order valence-corrected chi connectivity index (χ1v) is 4.51. The van der Waals surface area contributed by atoms with Crippen molar-refractivity contribution in [2.45, 2.75) is 38.8 Å². The van der Waals surface area contributed by atoms with Gasteiger partial charge in [0.15, 0.2) is 0 Å². The summed E-state index contributed by atoms with van der Waals surface area (Å²) in [4.78, 5) is 12.9. The summed E-state index contributed by atoms with van der Waals surface area (Å²) in [5, 5.41) is 9.31. The van der Waals surface area contributed by atoms with Gasteiger partial charge in [0.1, 0.15) is 5.78 Å². The van der Waals surface area contributed by atoms with E-state index in [1.54, 1.807) is 6.92 Å². The summed E-state index contributed by atoms with van der Waals surface area (Å²) in [6, 6.07) is 0.430. The van der Waals surface area contributed by atoms with Crippen molar-refractivity contribution in [1.82, 2.24) is 4.90 Å². The maximum absolute atomic E-state index is 10.7. The molecule has 0 aromatic heterocycles. The molecule has 1 aliphatic heterocycles. The van der Waals surface area contributed by atoms with E-state index < -0.39 is 0 Å². The minimum absolute atomic E-state index is 0.188. The number of hydrogen-bond acceptors (Lipinski definition) is 3. The van der Waals surface area contributed by atoms with Gasteiger partial charge in [-0.1, -0.05) is 0 Å².